The van der Waals surface area contributed by atoms with Crippen molar-refractivity contribution in [2.45, 2.75) is 13.8 Å². The summed E-state index contributed by atoms with van der Waals surface area (Å²) in [5.41, 5.74) is 7.88. The van der Waals surface area contributed by atoms with Crippen molar-refractivity contribution >= 4 is 18.1 Å². The molecule has 0 aliphatic rings. The summed E-state index contributed by atoms with van der Waals surface area (Å²) in [4.78, 5) is 0. The second kappa shape index (κ2) is 3.49. The number of phenols is 1. The molecule has 0 aromatic heterocycles. The van der Waals surface area contributed by atoms with Crippen LogP contribution in [-0.2, 0) is 0 Å². The number of halogens is 1. The van der Waals surface area contributed by atoms with Gasteiger partial charge in [0.1, 0.15) is 5.75 Å². The van der Waals surface area contributed by atoms with Gasteiger partial charge in [-0.15, -0.1) is 12.4 Å². The molecule has 0 aliphatic heterocycles. The Kier molecular flexibility index (Phi) is 3.20. The molecule has 2 nitrogen and oxygen atoms in total. The van der Waals surface area contributed by atoms with Gasteiger partial charge in [0.2, 0.25) is 0 Å². The highest BCUT2D eigenvalue weighted by Gasteiger charge is 1.99. The summed E-state index contributed by atoms with van der Waals surface area (Å²) < 4.78 is 0. The van der Waals surface area contributed by atoms with E-state index in [2.05, 4.69) is 0 Å². The topological polar surface area (TPSA) is 46.2 Å². The summed E-state index contributed by atoms with van der Waals surface area (Å²) in [6.07, 6.45) is 0. The molecule has 0 fully saturated rings. The van der Waals surface area contributed by atoms with E-state index >= 15 is 0 Å². The quantitative estimate of drug-likeness (QED) is 0.466. The Balaban J connectivity index is 0.000001000. The number of hydrogen-bond donors (Lipinski definition) is 2. The van der Waals surface area contributed by atoms with E-state index in [0.717, 1.165) is 11.1 Å². The van der Waals surface area contributed by atoms with Crippen molar-refractivity contribution in [3.63, 3.8) is 0 Å². The Bertz CT molecular complexity index is 237. The van der Waals surface area contributed by atoms with Crippen LogP contribution in [0, 0.1) is 13.8 Å². The maximum Gasteiger partial charge on any atom is 0.121 e. The minimum Gasteiger partial charge on any atom is -0.507 e. The summed E-state index contributed by atoms with van der Waals surface area (Å²) in [7, 11) is 0. The van der Waals surface area contributed by atoms with Gasteiger partial charge in [0.15, 0.2) is 0 Å². The highest BCUT2D eigenvalue weighted by molar-refractivity contribution is 5.85. The van der Waals surface area contributed by atoms with Gasteiger partial charge in [-0.1, -0.05) is 0 Å². The van der Waals surface area contributed by atoms with E-state index in [0.29, 0.717) is 11.4 Å². The highest BCUT2D eigenvalue weighted by Crippen LogP contribution is 2.23. The average molecular weight is 174 g/mol. The molecule has 0 heterocycles. The van der Waals surface area contributed by atoms with Crippen LogP contribution >= 0.6 is 12.4 Å². The van der Waals surface area contributed by atoms with E-state index < -0.39 is 0 Å². The van der Waals surface area contributed by atoms with Crippen molar-refractivity contribution in [3.05, 3.63) is 23.3 Å². The number of rotatable bonds is 0. The summed E-state index contributed by atoms with van der Waals surface area (Å²) in [5.74, 6) is 0.342. The third-order valence-corrected chi connectivity index (χ3v) is 1.51. The molecular weight excluding hydrogens is 162 g/mol. The largest absolute Gasteiger partial charge is 0.507 e. The Morgan fingerprint density at radius 3 is 1.91 bits per heavy atom. The number of nitrogens with two attached hydrogens (primary N) is 1. The van der Waals surface area contributed by atoms with Crippen LogP contribution in [0.1, 0.15) is 11.1 Å². The van der Waals surface area contributed by atoms with E-state index in [9.17, 15) is 5.11 Å². The van der Waals surface area contributed by atoms with Gasteiger partial charge in [-0.3, -0.25) is 0 Å². The van der Waals surface area contributed by atoms with Crippen molar-refractivity contribution < 1.29 is 5.11 Å². The number of aromatic hydroxyl groups is 1. The Hall–Kier alpha value is -0.890. The molecule has 0 unspecified atom stereocenters. The molecule has 0 saturated carbocycles. The molecular formula is C8H12ClNO. The summed E-state index contributed by atoms with van der Waals surface area (Å²) in [6, 6.07) is 3.50. The monoisotopic (exact) mass is 173 g/mol. The summed E-state index contributed by atoms with van der Waals surface area (Å²) in [5, 5.41) is 9.28. The molecule has 0 radical (unpaired) electrons. The van der Waals surface area contributed by atoms with Crippen molar-refractivity contribution in [1.82, 2.24) is 0 Å². The number of nitrogen functional groups attached to an aromatic ring is 1. The minimum atomic E-state index is 0. The predicted molar refractivity (Wildman–Crippen MR) is 49.2 cm³/mol. The zero-order valence-corrected chi connectivity index (χ0v) is 7.40. The molecule has 1 rings (SSSR count). The van der Waals surface area contributed by atoms with E-state index in [1.54, 1.807) is 12.1 Å². The minimum absolute atomic E-state index is 0. The first kappa shape index (κ1) is 10.1. The Morgan fingerprint density at radius 1 is 1.18 bits per heavy atom. The van der Waals surface area contributed by atoms with Crippen LogP contribution in [0.15, 0.2) is 12.1 Å². The fourth-order valence-electron chi connectivity index (χ4n) is 0.989. The smallest absolute Gasteiger partial charge is 0.121 e. The van der Waals surface area contributed by atoms with Crippen LogP contribution in [0.25, 0.3) is 0 Å². The molecule has 3 heteroatoms. The second-order valence-electron chi connectivity index (χ2n) is 2.50. The van der Waals surface area contributed by atoms with Crippen molar-refractivity contribution in [2.75, 3.05) is 5.73 Å². The molecule has 3 N–H and O–H groups in total. The number of anilines is 1. The molecule has 11 heavy (non-hydrogen) atoms. The number of hydrogen-bond acceptors (Lipinski definition) is 2. The molecule has 62 valence electrons. The molecule has 1 aromatic rings. The molecule has 1 aromatic carbocycles. The number of benzene rings is 1. The number of phenolic OH excluding ortho intramolecular Hbond substituents is 1. The van der Waals surface area contributed by atoms with Gasteiger partial charge in [-0.05, 0) is 37.1 Å². The Morgan fingerprint density at radius 2 is 1.55 bits per heavy atom. The molecule has 0 bridgehead atoms. The van der Waals surface area contributed by atoms with Crippen molar-refractivity contribution in [3.8, 4) is 5.75 Å². The van der Waals surface area contributed by atoms with Crippen LogP contribution in [0.3, 0.4) is 0 Å². The second-order valence-corrected chi connectivity index (χ2v) is 2.50. The Labute approximate surface area is 72.4 Å². The number of aryl methyl sites for hydroxylation is 2. The van der Waals surface area contributed by atoms with Crippen molar-refractivity contribution in [2.24, 2.45) is 0 Å². The van der Waals surface area contributed by atoms with Crippen LogP contribution in [0.4, 0.5) is 5.69 Å². The fraction of sp³-hybridized carbons (Fsp3) is 0.250. The maximum atomic E-state index is 9.28. The predicted octanol–water partition coefficient (Wildman–Crippen LogP) is 2.01. The van der Waals surface area contributed by atoms with Gasteiger partial charge in [0.25, 0.3) is 0 Å². The lowest BCUT2D eigenvalue weighted by atomic mass is 10.1. The lowest BCUT2D eigenvalue weighted by Crippen LogP contribution is -1.87. The van der Waals surface area contributed by atoms with Gasteiger partial charge < -0.3 is 10.8 Å². The van der Waals surface area contributed by atoms with E-state index in [1.807, 2.05) is 13.8 Å². The first-order chi connectivity index (χ1) is 4.61. The molecule has 0 atom stereocenters. The fourth-order valence-corrected chi connectivity index (χ4v) is 0.989. The third kappa shape index (κ3) is 2.02. The van der Waals surface area contributed by atoms with Crippen molar-refractivity contribution in [1.29, 1.82) is 0 Å². The van der Waals surface area contributed by atoms with Gasteiger partial charge in [0, 0.05) is 5.69 Å². The van der Waals surface area contributed by atoms with Crippen LogP contribution in [0.5, 0.6) is 5.75 Å². The van der Waals surface area contributed by atoms with E-state index in [-0.39, 0.29) is 12.4 Å². The molecule has 0 aliphatic carbocycles. The van der Waals surface area contributed by atoms with E-state index in [4.69, 9.17) is 5.73 Å². The van der Waals surface area contributed by atoms with Crippen LogP contribution in [0.2, 0.25) is 0 Å². The summed E-state index contributed by atoms with van der Waals surface area (Å²) >= 11 is 0. The van der Waals surface area contributed by atoms with E-state index in [1.165, 1.54) is 0 Å². The molecule has 0 amide bonds. The lowest BCUT2D eigenvalue weighted by Gasteiger charge is -2.03. The first-order valence-corrected chi connectivity index (χ1v) is 3.17. The van der Waals surface area contributed by atoms with Gasteiger partial charge in [-0.25, -0.2) is 0 Å². The lowest BCUT2D eigenvalue weighted by molar-refractivity contribution is 0.467. The zero-order chi connectivity index (χ0) is 7.72. The van der Waals surface area contributed by atoms with Gasteiger partial charge in [-0.2, -0.15) is 0 Å². The average Bonchev–Trinajstić information content (AvgIpc) is 1.82. The maximum absolute atomic E-state index is 9.28. The van der Waals surface area contributed by atoms with Crippen LogP contribution in [-0.4, -0.2) is 5.11 Å². The summed E-state index contributed by atoms with van der Waals surface area (Å²) in [6.45, 7) is 3.66. The standard InChI is InChI=1S/C8H11NO.ClH/c1-5-3-7(9)4-6(2)8(5)10;/h3-4,10H,9H2,1-2H3;1H. The van der Waals surface area contributed by atoms with Gasteiger partial charge >= 0.3 is 0 Å². The third-order valence-electron chi connectivity index (χ3n) is 1.51. The SMILES string of the molecule is Cc1cc(N)cc(C)c1O.Cl. The van der Waals surface area contributed by atoms with Crippen LogP contribution < -0.4 is 5.73 Å². The zero-order valence-electron chi connectivity index (χ0n) is 6.59. The first-order valence-electron chi connectivity index (χ1n) is 3.17. The van der Waals surface area contributed by atoms with Gasteiger partial charge in [0.05, 0.1) is 0 Å². The highest BCUT2D eigenvalue weighted by atomic mass is 35.5. The molecule has 0 spiro atoms. The molecule has 0 saturated heterocycles. The normalized spacial score (nSPS) is 8.91.